The summed E-state index contributed by atoms with van der Waals surface area (Å²) in [6.07, 6.45) is -0.0508. The van der Waals surface area contributed by atoms with Crippen LogP contribution in [0, 0.1) is 6.92 Å². The van der Waals surface area contributed by atoms with Crippen LogP contribution in [0.1, 0.15) is 34.1 Å². The molecule has 132 valence electrons. The van der Waals surface area contributed by atoms with Gasteiger partial charge in [0.2, 0.25) is 5.88 Å². The smallest absolute Gasteiger partial charge is 0.254 e. The van der Waals surface area contributed by atoms with E-state index in [-0.39, 0.29) is 11.9 Å². The molecular weight excluding hydrogens is 320 g/mol. The number of aliphatic hydroxyl groups is 1. The number of β-amino-alcohol motifs (C(OH)–C–C–N with tert-alkyl or cyclic N) is 1. The average molecular weight is 342 g/mol. The number of ether oxygens (including phenoxy) is 2. The van der Waals surface area contributed by atoms with Crippen molar-refractivity contribution in [3.8, 4) is 11.6 Å². The molecule has 0 bridgehead atoms. The van der Waals surface area contributed by atoms with Gasteiger partial charge in [0.15, 0.2) is 0 Å². The van der Waals surface area contributed by atoms with E-state index in [0.29, 0.717) is 30.1 Å². The third kappa shape index (κ3) is 3.58. The fraction of sp³-hybridized carbons (Fsp3) is 0.368. The first-order valence-electron chi connectivity index (χ1n) is 8.17. The van der Waals surface area contributed by atoms with E-state index in [4.69, 9.17) is 9.47 Å². The molecule has 2 heterocycles. The van der Waals surface area contributed by atoms with Crippen molar-refractivity contribution in [1.82, 2.24) is 9.88 Å². The molecule has 1 amide bonds. The van der Waals surface area contributed by atoms with Crippen LogP contribution in [-0.2, 0) is 0 Å². The van der Waals surface area contributed by atoms with Crippen LogP contribution in [0.2, 0.25) is 0 Å². The standard InChI is InChI=1S/C19H22N2O4/c1-12-7-14(9-18(20-12)25-3)19(23)21-11-15(22)10-17(21)13-5-4-6-16(8-13)24-2/h4-9,15,17,22H,10-11H2,1-3H3. The predicted molar refractivity (Wildman–Crippen MR) is 92.9 cm³/mol. The summed E-state index contributed by atoms with van der Waals surface area (Å²) in [6, 6.07) is 10.8. The van der Waals surface area contributed by atoms with Gasteiger partial charge in [-0.15, -0.1) is 0 Å². The molecule has 1 aromatic heterocycles. The Hall–Kier alpha value is -2.60. The van der Waals surface area contributed by atoms with E-state index in [1.165, 1.54) is 7.11 Å². The number of hydrogen-bond acceptors (Lipinski definition) is 5. The van der Waals surface area contributed by atoms with Gasteiger partial charge < -0.3 is 19.5 Å². The van der Waals surface area contributed by atoms with Gasteiger partial charge in [0, 0.05) is 23.9 Å². The second kappa shape index (κ2) is 7.11. The van der Waals surface area contributed by atoms with E-state index in [2.05, 4.69) is 4.98 Å². The van der Waals surface area contributed by atoms with Crippen molar-refractivity contribution in [3.05, 3.63) is 53.2 Å². The number of likely N-dealkylation sites (tertiary alicyclic amines) is 1. The molecule has 1 aliphatic rings. The van der Waals surface area contributed by atoms with Gasteiger partial charge in [-0.05, 0) is 37.1 Å². The minimum Gasteiger partial charge on any atom is -0.497 e. The molecule has 0 radical (unpaired) electrons. The molecule has 1 aliphatic heterocycles. The summed E-state index contributed by atoms with van der Waals surface area (Å²) < 4.78 is 10.4. The number of benzene rings is 1. The van der Waals surface area contributed by atoms with Crippen molar-refractivity contribution >= 4 is 5.91 Å². The summed E-state index contributed by atoms with van der Waals surface area (Å²) in [7, 11) is 3.13. The van der Waals surface area contributed by atoms with Crippen LogP contribution in [0.4, 0.5) is 0 Å². The van der Waals surface area contributed by atoms with Gasteiger partial charge in [-0.3, -0.25) is 4.79 Å². The quantitative estimate of drug-likeness (QED) is 0.923. The largest absolute Gasteiger partial charge is 0.497 e. The van der Waals surface area contributed by atoms with Crippen molar-refractivity contribution in [3.63, 3.8) is 0 Å². The Bertz CT molecular complexity index is 778. The van der Waals surface area contributed by atoms with Gasteiger partial charge in [-0.25, -0.2) is 4.98 Å². The SMILES string of the molecule is COc1cccc(C2CC(O)CN2C(=O)c2cc(C)nc(OC)c2)c1. The third-order valence-electron chi connectivity index (χ3n) is 4.40. The molecule has 0 aliphatic carbocycles. The van der Waals surface area contributed by atoms with Crippen molar-refractivity contribution in [1.29, 1.82) is 0 Å². The highest BCUT2D eigenvalue weighted by Crippen LogP contribution is 2.35. The summed E-state index contributed by atoms with van der Waals surface area (Å²) in [4.78, 5) is 19.0. The number of aromatic nitrogens is 1. The zero-order valence-electron chi connectivity index (χ0n) is 14.6. The molecule has 2 atom stereocenters. The summed E-state index contributed by atoms with van der Waals surface area (Å²) in [5.74, 6) is 0.988. The lowest BCUT2D eigenvalue weighted by atomic mass is 10.0. The Morgan fingerprint density at radius 2 is 2.04 bits per heavy atom. The second-order valence-electron chi connectivity index (χ2n) is 6.18. The first kappa shape index (κ1) is 17.2. The molecule has 1 N–H and O–H groups in total. The average Bonchev–Trinajstić information content (AvgIpc) is 3.02. The van der Waals surface area contributed by atoms with Crippen molar-refractivity contribution in [2.45, 2.75) is 25.5 Å². The fourth-order valence-corrected chi connectivity index (χ4v) is 3.24. The lowest BCUT2D eigenvalue weighted by Gasteiger charge is -2.25. The molecule has 1 saturated heterocycles. The van der Waals surface area contributed by atoms with Crippen LogP contribution < -0.4 is 9.47 Å². The van der Waals surface area contributed by atoms with Gasteiger partial charge in [-0.1, -0.05) is 12.1 Å². The summed E-state index contributed by atoms with van der Waals surface area (Å²) in [6.45, 7) is 2.11. The van der Waals surface area contributed by atoms with Gasteiger partial charge in [0.1, 0.15) is 5.75 Å². The van der Waals surface area contributed by atoms with E-state index in [0.717, 1.165) is 11.3 Å². The number of carbonyl (C=O) groups is 1. The summed E-state index contributed by atoms with van der Waals surface area (Å²) in [5, 5.41) is 10.1. The van der Waals surface area contributed by atoms with Crippen LogP contribution in [0.25, 0.3) is 0 Å². The first-order valence-corrected chi connectivity index (χ1v) is 8.17. The molecule has 6 heteroatoms. The van der Waals surface area contributed by atoms with E-state index < -0.39 is 6.10 Å². The highest BCUT2D eigenvalue weighted by molar-refractivity contribution is 5.95. The number of nitrogens with zero attached hydrogens (tertiary/aromatic N) is 2. The number of aryl methyl sites for hydroxylation is 1. The maximum Gasteiger partial charge on any atom is 0.254 e. The highest BCUT2D eigenvalue weighted by Gasteiger charge is 2.36. The van der Waals surface area contributed by atoms with E-state index in [1.54, 1.807) is 24.1 Å². The van der Waals surface area contributed by atoms with Gasteiger partial charge in [0.05, 0.1) is 26.4 Å². The maximum atomic E-state index is 13.1. The van der Waals surface area contributed by atoms with Crippen molar-refractivity contribution in [2.75, 3.05) is 20.8 Å². The minimum atomic E-state index is -0.551. The molecule has 2 unspecified atom stereocenters. The number of aliphatic hydroxyl groups excluding tert-OH is 1. The molecular formula is C19H22N2O4. The van der Waals surface area contributed by atoms with E-state index >= 15 is 0 Å². The molecule has 25 heavy (non-hydrogen) atoms. The molecule has 1 fully saturated rings. The number of rotatable bonds is 4. The normalized spacial score (nSPS) is 19.8. The number of pyridine rings is 1. The highest BCUT2D eigenvalue weighted by atomic mass is 16.5. The van der Waals surface area contributed by atoms with Gasteiger partial charge in [-0.2, -0.15) is 0 Å². The number of carbonyl (C=O) groups excluding carboxylic acids is 1. The van der Waals surface area contributed by atoms with Crippen LogP contribution in [0.3, 0.4) is 0 Å². The molecule has 6 nitrogen and oxygen atoms in total. The second-order valence-corrected chi connectivity index (χ2v) is 6.18. The van der Waals surface area contributed by atoms with Crippen LogP contribution >= 0.6 is 0 Å². The van der Waals surface area contributed by atoms with Crippen LogP contribution in [0.5, 0.6) is 11.6 Å². The molecule has 3 rings (SSSR count). The summed E-state index contributed by atoms with van der Waals surface area (Å²) >= 11 is 0. The van der Waals surface area contributed by atoms with E-state index in [1.807, 2.05) is 31.2 Å². The van der Waals surface area contributed by atoms with Crippen molar-refractivity contribution < 1.29 is 19.4 Å². The van der Waals surface area contributed by atoms with Crippen LogP contribution in [0.15, 0.2) is 36.4 Å². The van der Waals surface area contributed by atoms with Crippen molar-refractivity contribution in [2.24, 2.45) is 0 Å². The fourth-order valence-electron chi connectivity index (χ4n) is 3.24. The lowest BCUT2D eigenvalue weighted by molar-refractivity contribution is 0.0715. The molecule has 2 aromatic rings. The minimum absolute atomic E-state index is 0.145. The molecule has 0 spiro atoms. The Balaban J connectivity index is 1.93. The Kier molecular flexibility index (Phi) is 4.90. The Labute approximate surface area is 147 Å². The monoisotopic (exact) mass is 342 g/mol. The lowest BCUT2D eigenvalue weighted by Crippen LogP contribution is -2.32. The van der Waals surface area contributed by atoms with Gasteiger partial charge in [0.25, 0.3) is 5.91 Å². The number of hydrogen-bond donors (Lipinski definition) is 1. The van der Waals surface area contributed by atoms with Gasteiger partial charge >= 0.3 is 0 Å². The first-order chi connectivity index (χ1) is 12.0. The maximum absolute atomic E-state index is 13.1. The Morgan fingerprint density at radius 3 is 2.76 bits per heavy atom. The molecule has 1 aromatic carbocycles. The third-order valence-corrected chi connectivity index (χ3v) is 4.40. The van der Waals surface area contributed by atoms with Crippen LogP contribution in [-0.4, -0.2) is 47.8 Å². The zero-order valence-corrected chi connectivity index (χ0v) is 14.6. The number of methoxy groups -OCH3 is 2. The predicted octanol–water partition coefficient (Wildman–Crippen LogP) is 2.36. The zero-order chi connectivity index (χ0) is 18.0. The molecule has 0 saturated carbocycles. The van der Waals surface area contributed by atoms with E-state index in [9.17, 15) is 9.90 Å². The summed E-state index contributed by atoms with van der Waals surface area (Å²) in [5.41, 5.74) is 2.16. The number of amides is 1. The topological polar surface area (TPSA) is 71.9 Å². The Morgan fingerprint density at radius 1 is 1.24 bits per heavy atom.